The molecule has 2 aliphatic rings. The van der Waals surface area contributed by atoms with Gasteiger partial charge in [0.2, 0.25) is 0 Å². The summed E-state index contributed by atoms with van der Waals surface area (Å²) in [5.74, 6) is 0. The zero-order valence-electron chi connectivity index (χ0n) is 21.9. The number of nitrogens with zero attached hydrogens (tertiary/aromatic N) is 4. The molecule has 2 bridgehead atoms. The predicted octanol–water partition coefficient (Wildman–Crippen LogP) is 2.75. The lowest BCUT2D eigenvalue weighted by atomic mass is 10.3. The quantitative estimate of drug-likeness (QED) is 0.315. The Balaban J connectivity index is 1.92. The molecule has 0 atom stereocenters. The molecule has 2 aliphatic heterocycles. The molecule has 0 spiro atoms. The van der Waals surface area contributed by atoms with Crippen molar-refractivity contribution >= 4 is 15.2 Å². The Morgan fingerprint density at radius 1 is 0.500 bits per heavy atom. The molecule has 0 amide bonds. The van der Waals surface area contributed by atoms with Crippen LogP contribution in [0.2, 0.25) is 0 Å². The van der Waals surface area contributed by atoms with Gasteiger partial charge in [0.15, 0.2) is 0 Å². The summed E-state index contributed by atoms with van der Waals surface area (Å²) >= 11 is 0. The average molecular weight is 527 g/mol. The molecular weight excluding hydrogens is 478 g/mol. The van der Waals surface area contributed by atoms with Gasteiger partial charge in [0, 0.05) is 78.5 Å². The van der Waals surface area contributed by atoms with Gasteiger partial charge in [0.1, 0.15) is 0 Å². The van der Waals surface area contributed by atoms with Crippen molar-refractivity contribution in [2.45, 2.75) is 27.7 Å². The number of fused-ring (bicyclic) bond motifs is 3. The monoisotopic (exact) mass is 526 g/mol. The zero-order valence-corrected chi connectivity index (χ0v) is 23.6. The molecular formula is C22H48N4O6P2. The molecule has 34 heavy (non-hydrogen) atoms. The molecule has 0 unspecified atom stereocenters. The SMILES string of the molecule is CCOP(=O)(CCN1CCN2CCN(CC1)CCN(CCP(=O)(OCC)OCC)CC2)OCC. The van der Waals surface area contributed by atoms with Crippen LogP contribution in [0.5, 0.6) is 0 Å². The average Bonchev–Trinajstić information content (AvgIpc) is 2.95. The fourth-order valence-corrected chi connectivity index (χ4v) is 7.70. The van der Waals surface area contributed by atoms with Gasteiger partial charge in [-0.25, -0.2) is 0 Å². The molecule has 2 rings (SSSR count). The zero-order chi connectivity index (χ0) is 24.9. The van der Waals surface area contributed by atoms with Crippen LogP contribution in [0.15, 0.2) is 0 Å². The Hall–Kier alpha value is 0.140. The third kappa shape index (κ3) is 11.0. The van der Waals surface area contributed by atoms with Crippen molar-refractivity contribution in [1.82, 2.24) is 19.6 Å². The molecule has 2 fully saturated rings. The van der Waals surface area contributed by atoms with Crippen LogP contribution in [0.4, 0.5) is 0 Å². The van der Waals surface area contributed by atoms with Crippen LogP contribution in [0.25, 0.3) is 0 Å². The second-order valence-electron chi connectivity index (χ2n) is 8.71. The molecule has 0 aromatic rings. The van der Waals surface area contributed by atoms with Crippen LogP contribution in [0, 0.1) is 0 Å². The number of rotatable bonds is 14. The van der Waals surface area contributed by atoms with Crippen LogP contribution in [-0.4, -0.2) is 137 Å². The van der Waals surface area contributed by atoms with Gasteiger partial charge < -0.3 is 27.9 Å². The van der Waals surface area contributed by atoms with E-state index in [9.17, 15) is 9.13 Å². The van der Waals surface area contributed by atoms with E-state index in [1.807, 2.05) is 27.7 Å². The standard InChI is InChI=1S/C22H48N4O6P2/c1-5-29-33(27,30-6-2)21-19-25-15-11-23-9-10-24(12-16-25)14-18-26(17-13-23)20-22-34(28,31-7-3)32-8-4/h5-22H2,1-4H3. The maximum atomic E-state index is 12.9. The van der Waals surface area contributed by atoms with Crippen molar-refractivity contribution in [2.75, 3.05) is 117 Å². The first-order valence-electron chi connectivity index (χ1n) is 13.0. The predicted molar refractivity (Wildman–Crippen MR) is 137 cm³/mol. The minimum Gasteiger partial charge on any atom is -0.309 e. The molecule has 2 heterocycles. The van der Waals surface area contributed by atoms with E-state index in [1.165, 1.54) is 0 Å². The summed E-state index contributed by atoms with van der Waals surface area (Å²) in [4.78, 5) is 9.82. The fraction of sp³-hybridized carbons (Fsp3) is 1.00. The topological polar surface area (TPSA) is 84.0 Å². The summed E-state index contributed by atoms with van der Waals surface area (Å²) in [7, 11) is -6.04. The van der Waals surface area contributed by atoms with Gasteiger partial charge in [0.25, 0.3) is 0 Å². The highest BCUT2D eigenvalue weighted by atomic mass is 31.2. The van der Waals surface area contributed by atoms with Gasteiger partial charge in [-0.3, -0.25) is 18.9 Å². The van der Waals surface area contributed by atoms with E-state index >= 15 is 0 Å². The van der Waals surface area contributed by atoms with Gasteiger partial charge >= 0.3 is 15.2 Å². The third-order valence-electron chi connectivity index (χ3n) is 6.35. The molecule has 0 aromatic carbocycles. The second kappa shape index (κ2) is 16.1. The van der Waals surface area contributed by atoms with Crippen LogP contribution in [-0.2, 0) is 27.2 Å². The molecule has 2 saturated heterocycles. The normalized spacial score (nSPS) is 24.1. The van der Waals surface area contributed by atoms with Crippen molar-refractivity contribution in [1.29, 1.82) is 0 Å². The lowest BCUT2D eigenvalue weighted by molar-refractivity contribution is 0.174. The van der Waals surface area contributed by atoms with Gasteiger partial charge in [-0.2, -0.15) is 0 Å². The van der Waals surface area contributed by atoms with Gasteiger partial charge in [0.05, 0.1) is 38.8 Å². The lowest BCUT2D eigenvalue weighted by Crippen LogP contribution is -2.43. The second-order valence-corrected chi connectivity index (χ2v) is 13.1. The molecule has 0 aliphatic carbocycles. The molecule has 202 valence electrons. The van der Waals surface area contributed by atoms with Crippen molar-refractivity contribution in [2.24, 2.45) is 0 Å². The highest BCUT2D eigenvalue weighted by Crippen LogP contribution is 2.48. The first-order valence-corrected chi connectivity index (χ1v) is 16.5. The number of hydrogen-bond donors (Lipinski definition) is 0. The van der Waals surface area contributed by atoms with Gasteiger partial charge in [-0.1, -0.05) is 0 Å². The largest absolute Gasteiger partial charge is 0.331 e. The molecule has 10 nitrogen and oxygen atoms in total. The summed E-state index contributed by atoms with van der Waals surface area (Å²) in [5.41, 5.74) is 0. The van der Waals surface area contributed by atoms with Crippen molar-refractivity contribution in [3.05, 3.63) is 0 Å². The van der Waals surface area contributed by atoms with Gasteiger partial charge in [-0.05, 0) is 27.7 Å². The summed E-state index contributed by atoms with van der Waals surface area (Å²) < 4.78 is 47.7. The maximum Gasteiger partial charge on any atom is 0.331 e. The Kier molecular flexibility index (Phi) is 14.4. The van der Waals surface area contributed by atoms with Gasteiger partial charge in [-0.15, -0.1) is 0 Å². The Bertz CT molecular complexity index is 569. The molecule has 0 aromatic heterocycles. The van der Waals surface area contributed by atoms with Crippen molar-refractivity contribution in [3.63, 3.8) is 0 Å². The summed E-state index contributed by atoms with van der Waals surface area (Å²) in [6.07, 6.45) is 0.865. The number of hydrogen-bond acceptors (Lipinski definition) is 10. The highest BCUT2D eigenvalue weighted by Gasteiger charge is 2.27. The Morgan fingerprint density at radius 2 is 0.765 bits per heavy atom. The summed E-state index contributed by atoms with van der Waals surface area (Å²) in [6.45, 7) is 20.2. The Morgan fingerprint density at radius 3 is 1.03 bits per heavy atom. The van der Waals surface area contributed by atoms with Crippen molar-refractivity contribution < 1.29 is 27.2 Å². The van der Waals surface area contributed by atoms with E-state index in [-0.39, 0.29) is 0 Å². The first-order chi connectivity index (χ1) is 16.3. The van der Waals surface area contributed by atoms with E-state index < -0.39 is 15.2 Å². The third-order valence-corrected chi connectivity index (χ3v) is 10.4. The maximum absolute atomic E-state index is 12.9. The van der Waals surface area contributed by atoms with E-state index in [0.29, 0.717) is 38.8 Å². The summed E-state index contributed by atoms with van der Waals surface area (Å²) in [6, 6.07) is 0. The fourth-order valence-electron chi connectivity index (χ4n) is 4.40. The molecule has 12 heteroatoms. The van der Waals surface area contributed by atoms with Crippen LogP contribution in [0.3, 0.4) is 0 Å². The van der Waals surface area contributed by atoms with E-state index in [0.717, 1.165) is 78.5 Å². The van der Waals surface area contributed by atoms with E-state index in [2.05, 4.69) is 19.6 Å². The summed E-state index contributed by atoms with van der Waals surface area (Å²) in [5, 5.41) is 0. The highest BCUT2D eigenvalue weighted by molar-refractivity contribution is 7.54. The van der Waals surface area contributed by atoms with Crippen molar-refractivity contribution in [3.8, 4) is 0 Å². The Labute approximate surface area is 207 Å². The first kappa shape index (κ1) is 30.4. The molecule has 0 N–H and O–H groups in total. The van der Waals surface area contributed by atoms with E-state index in [1.54, 1.807) is 0 Å². The van der Waals surface area contributed by atoms with Crippen LogP contribution < -0.4 is 0 Å². The molecule has 0 radical (unpaired) electrons. The molecule has 0 saturated carbocycles. The van der Waals surface area contributed by atoms with Crippen LogP contribution >= 0.6 is 15.2 Å². The van der Waals surface area contributed by atoms with Crippen LogP contribution in [0.1, 0.15) is 27.7 Å². The lowest BCUT2D eigenvalue weighted by Gasteiger charge is -2.31. The minimum absolute atomic E-state index is 0.403. The minimum atomic E-state index is -3.02. The van der Waals surface area contributed by atoms with E-state index in [4.69, 9.17) is 18.1 Å². The smallest absolute Gasteiger partial charge is 0.309 e.